The van der Waals surface area contributed by atoms with Gasteiger partial charge in [-0.1, -0.05) is 41.5 Å². The number of hydrogen-bond donors (Lipinski definition) is 0. The summed E-state index contributed by atoms with van der Waals surface area (Å²) in [6, 6.07) is 0. The first kappa shape index (κ1) is 13.4. The SMILES string of the molecule is CC1CC2(C(C)C)CC(C)CC(C(C)C)(C1)C2. The monoisotopic (exact) mass is 236 g/mol. The molecule has 0 heterocycles. The van der Waals surface area contributed by atoms with Crippen molar-refractivity contribution >= 4 is 0 Å². The van der Waals surface area contributed by atoms with Crippen LogP contribution in [0.3, 0.4) is 0 Å². The topological polar surface area (TPSA) is 0 Å². The Morgan fingerprint density at radius 1 is 0.706 bits per heavy atom. The average molecular weight is 236 g/mol. The molecule has 2 saturated carbocycles. The molecule has 0 radical (unpaired) electrons. The Morgan fingerprint density at radius 2 is 1.00 bits per heavy atom. The van der Waals surface area contributed by atoms with Crippen molar-refractivity contribution in [3.63, 3.8) is 0 Å². The lowest BCUT2D eigenvalue weighted by molar-refractivity contribution is -0.0976. The van der Waals surface area contributed by atoms with Crippen molar-refractivity contribution in [3.8, 4) is 0 Å². The van der Waals surface area contributed by atoms with Gasteiger partial charge in [-0.3, -0.25) is 0 Å². The van der Waals surface area contributed by atoms with Gasteiger partial charge in [0.15, 0.2) is 0 Å². The van der Waals surface area contributed by atoms with Crippen molar-refractivity contribution < 1.29 is 0 Å². The van der Waals surface area contributed by atoms with Gasteiger partial charge in [0.05, 0.1) is 0 Å². The Kier molecular flexibility index (Phi) is 3.38. The summed E-state index contributed by atoms with van der Waals surface area (Å²) in [5, 5.41) is 0. The minimum Gasteiger partial charge on any atom is -0.0625 e. The molecule has 0 aliphatic heterocycles. The van der Waals surface area contributed by atoms with Gasteiger partial charge in [0.25, 0.3) is 0 Å². The molecule has 0 aromatic rings. The zero-order valence-electron chi connectivity index (χ0n) is 12.8. The molecule has 0 atom stereocenters. The van der Waals surface area contributed by atoms with Crippen molar-refractivity contribution in [3.05, 3.63) is 0 Å². The fourth-order valence-corrected chi connectivity index (χ4v) is 5.43. The van der Waals surface area contributed by atoms with Gasteiger partial charge >= 0.3 is 0 Å². The summed E-state index contributed by atoms with van der Waals surface area (Å²) in [4.78, 5) is 0. The molecule has 0 heteroatoms. The molecule has 0 spiro atoms. The summed E-state index contributed by atoms with van der Waals surface area (Å²) in [5.41, 5.74) is 1.33. The number of fused-ring (bicyclic) bond motifs is 2. The second-order valence-corrected chi connectivity index (χ2v) is 8.24. The summed E-state index contributed by atoms with van der Waals surface area (Å²) in [6.07, 6.45) is 7.48. The van der Waals surface area contributed by atoms with E-state index in [2.05, 4.69) is 41.5 Å². The highest BCUT2D eigenvalue weighted by atomic mass is 14.6. The first-order chi connectivity index (χ1) is 7.80. The van der Waals surface area contributed by atoms with Gasteiger partial charge in [-0.25, -0.2) is 0 Å². The lowest BCUT2D eigenvalue weighted by atomic mass is 9.45. The van der Waals surface area contributed by atoms with Gasteiger partial charge in [0.2, 0.25) is 0 Å². The van der Waals surface area contributed by atoms with Crippen LogP contribution in [0.4, 0.5) is 0 Å². The molecule has 2 rings (SSSR count). The molecule has 0 saturated heterocycles. The third-order valence-electron chi connectivity index (χ3n) is 6.17. The summed E-state index contributed by atoms with van der Waals surface area (Å²) in [7, 11) is 0. The molecule has 17 heavy (non-hydrogen) atoms. The lowest BCUT2D eigenvalue weighted by Crippen LogP contribution is -2.50. The summed E-state index contributed by atoms with van der Waals surface area (Å²) in [5.74, 6) is 3.62. The van der Waals surface area contributed by atoms with Crippen LogP contribution in [0.5, 0.6) is 0 Å². The number of hydrogen-bond acceptors (Lipinski definition) is 0. The highest BCUT2D eigenvalue weighted by Gasteiger charge is 2.53. The Labute approximate surface area is 109 Å². The van der Waals surface area contributed by atoms with E-state index in [1.807, 2.05) is 0 Å². The van der Waals surface area contributed by atoms with Gasteiger partial charge < -0.3 is 0 Å². The first-order valence-corrected chi connectivity index (χ1v) is 7.80. The summed E-state index contributed by atoms with van der Waals surface area (Å²) < 4.78 is 0. The van der Waals surface area contributed by atoms with Crippen molar-refractivity contribution in [1.29, 1.82) is 0 Å². The van der Waals surface area contributed by atoms with E-state index in [1.54, 1.807) is 0 Å². The Balaban J connectivity index is 2.35. The predicted octanol–water partition coefficient (Wildman–Crippen LogP) is 5.52. The molecule has 0 aromatic heterocycles. The molecule has 0 unspecified atom stereocenters. The zero-order chi connectivity index (χ0) is 12.8. The maximum atomic E-state index is 2.50. The van der Waals surface area contributed by atoms with Crippen LogP contribution in [-0.4, -0.2) is 0 Å². The minimum atomic E-state index is 0.666. The van der Waals surface area contributed by atoms with E-state index in [0.29, 0.717) is 10.8 Å². The minimum absolute atomic E-state index is 0.666. The first-order valence-electron chi connectivity index (χ1n) is 7.80. The average Bonchev–Trinajstić information content (AvgIpc) is 2.14. The van der Waals surface area contributed by atoms with Crippen molar-refractivity contribution in [2.45, 2.75) is 73.6 Å². The van der Waals surface area contributed by atoms with Gasteiger partial charge in [-0.15, -0.1) is 0 Å². The van der Waals surface area contributed by atoms with Gasteiger partial charge in [-0.05, 0) is 66.6 Å². The highest BCUT2D eigenvalue weighted by Crippen LogP contribution is 2.63. The predicted molar refractivity (Wildman–Crippen MR) is 76.0 cm³/mol. The van der Waals surface area contributed by atoms with Gasteiger partial charge in [0, 0.05) is 0 Å². The van der Waals surface area contributed by atoms with Crippen LogP contribution in [0.2, 0.25) is 0 Å². The molecule has 2 bridgehead atoms. The molecular weight excluding hydrogens is 204 g/mol. The van der Waals surface area contributed by atoms with Crippen molar-refractivity contribution in [2.24, 2.45) is 34.5 Å². The summed E-state index contributed by atoms with van der Waals surface area (Å²) >= 11 is 0. The highest BCUT2D eigenvalue weighted by molar-refractivity contribution is 5.03. The van der Waals surface area contributed by atoms with Crippen LogP contribution in [-0.2, 0) is 0 Å². The Morgan fingerprint density at radius 3 is 1.24 bits per heavy atom. The molecule has 0 N–H and O–H groups in total. The van der Waals surface area contributed by atoms with Gasteiger partial charge in [0.1, 0.15) is 0 Å². The lowest BCUT2D eigenvalue weighted by Gasteiger charge is -2.60. The smallest absolute Gasteiger partial charge is 0.0264 e. The van der Waals surface area contributed by atoms with E-state index in [1.165, 1.54) is 32.1 Å². The normalized spacial score (nSPS) is 46.6. The van der Waals surface area contributed by atoms with Crippen LogP contribution in [0.15, 0.2) is 0 Å². The zero-order valence-corrected chi connectivity index (χ0v) is 12.8. The molecule has 0 nitrogen and oxygen atoms in total. The molecule has 2 aliphatic carbocycles. The van der Waals surface area contributed by atoms with E-state index >= 15 is 0 Å². The third-order valence-corrected chi connectivity index (χ3v) is 6.17. The molecule has 0 aromatic carbocycles. The largest absolute Gasteiger partial charge is 0.0625 e. The van der Waals surface area contributed by atoms with Gasteiger partial charge in [-0.2, -0.15) is 0 Å². The quantitative estimate of drug-likeness (QED) is 0.592. The number of rotatable bonds is 2. The fraction of sp³-hybridized carbons (Fsp3) is 1.00. The van der Waals surface area contributed by atoms with Crippen LogP contribution in [0, 0.1) is 34.5 Å². The fourth-order valence-electron chi connectivity index (χ4n) is 5.43. The maximum Gasteiger partial charge on any atom is -0.0264 e. The molecule has 100 valence electrons. The molecule has 0 amide bonds. The van der Waals surface area contributed by atoms with E-state index < -0.39 is 0 Å². The van der Waals surface area contributed by atoms with E-state index in [9.17, 15) is 0 Å². The van der Waals surface area contributed by atoms with Crippen molar-refractivity contribution in [2.75, 3.05) is 0 Å². The van der Waals surface area contributed by atoms with Crippen LogP contribution in [0.1, 0.15) is 73.6 Å². The maximum absolute atomic E-state index is 2.50. The third kappa shape index (κ3) is 2.17. The second kappa shape index (κ2) is 4.28. The summed E-state index contributed by atoms with van der Waals surface area (Å²) in [6.45, 7) is 14.9. The Bertz CT molecular complexity index is 234. The van der Waals surface area contributed by atoms with E-state index in [0.717, 1.165) is 23.7 Å². The second-order valence-electron chi connectivity index (χ2n) is 8.24. The Hall–Kier alpha value is 0. The van der Waals surface area contributed by atoms with Crippen LogP contribution in [0.25, 0.3) is 0 Å². The van der Waals surface area contributed by atoms with Crippen LogP contribution >= 0.6 is 0 Å². The molecule has 2 fully saturated rings. The van der Waals surface area contributed by atoms with Crippen LogP contribution < -0.4 is 0 Å². The van der Waals surface area contributed by atoms with E-state index in [4.69, 9.17) is 0 Å². The van der Waals surface area contributed by atoms with Crippen molar-refractivity contribution in [1.82, 2.24) is 0 Å². The van der Waals surface area contributed by atoms with E-state index in [-0.39, 0.29) is 0 Å². The molecule has 2 aliphatic rings. The molecular formula is C17H32. The standard InChI is InChI=1S/C17H32/c1-12(2)16-7-14(5)9-17(11-16,13(3)4)10-15(6)8-16/h12-15H,7-11H2,1-6H3.